The first-order chi connectivity index (χ1) is 6.90. The first-order valence-corrected chi connectivity index (χ1v) is 5.95. The van der Waals surface area contributed by atoms with Gasteiger partial charge in [-0.2, -0.15) is 0 Å². The average molecular weight is 212 g/mol. The number of nitrogens with one attached hydrogen (secondary N) is 1. The fourth-order valence-electron chi connectivity index (χ4n) is 2.04. The van der Waals surface area contributed by atoms with Crippen LogP contribution in [0.1, 0.15) is 52.9 Å². The van der Waals surface area contributed by atoms with Gasteiger partial charge in [-0.3, -0.25) is 0 Å². The highest BCUT2D eigenvalue weighted by molar-refractivity contribution is 5.75. The van der Waals surface area contributed by atoms with Gasteiger partial charge in [-0.15, -0.1) is 0 Å². The second-order valence-corrected chi connectivity index (χ2v) is 5.58. The third-order valence-electron chi connectivity index (χ3n) is 2.92. The van der Waals surface area contributed by atoms with Crippen molar-refractivity contribution < 1.29 is 4.79 Å². The Morgan fingerprint density at radius 2 is 1.73 bits per heavy atom. The van der Waals surface area contributed by atoms with E-state index in [0.29, 0.717) is 6.04 Å². The van der Waals surface area contributed by atoms with E-state index in [1.165, 1.54) is 19.3 Å². The predicted octanol–water partition coefficient (Wildman–Crippen LogP) is 2.76. The van der Waals surface area contributed by atoms with Crippen LogP contribution >= 0.6 is 0 Å². The number of rotatable bonds is 1. The summed E-state index contributed by atoms with van der Waals surface area (Å²) in [5.41, 5.74) is -0.139. The maximum atomic E-state index is 11.9. The van der Waals surface area contributed by atoms with E-state index >= 15 is 0 Å². The molecule has 1 aliphatic rings. The summed E-state index contributed by atoms with van der Waals surface area (Å²) < 4.78 is 0. The molecule has 0 atom stereocenters. The van der Waals surface area contributed by atoms with E-state index in [4.69, 9.17) is 0 Å². The quantitative estimate of drug-likeness (QED) is 0.712. The van der Waals surface area contributed by atoms with Gasteiger partial charge >= 0.3 is 6.03 Å². The van der Waals surface area contributed by atoms with E-state index in [0.717, 1.165) is 12.8 Å². The summed E-state index contributed by atoms with van der Waals surface area (Å²) in [6.45, 7) is 6.04. The lowest BCUT2D eigenvalue weighted by Gasteiger charge is -2.33. The van der Waals surface area contributed by atoms with Gasteiger partial charge in [-0.25, -0.2) is 4.79 Å². The Balaban J connectivity index is 2.44. The van der Waals surface area contributed by atoms with Crippen molar-refractivity contribution in [2.45, 2.75) is 64.5 Å². The summed E-state index contributed by atoms with van der Waals surface area (Å²) in [4.78, 5) is 13.8. The van der Waals surface area contributed by atoms with Gasteiger partial charge in [0.2, 0.25) is 0 Å². The standard InChI is InChI=1S/C12H24N2O/c1-12(2,3)13-11(15)14(4)10-8-6-5-7-9-10/h10H,5-9H2,1-4H3,(H,13,15). The number of amides is 2. The summed E-state index contributed by atoms with van der Waals surface area (Å²) in [5, 5.41) is 3.00. The smallest absolute Gasteiger partial charge is 0.317 e. The monoisotopic (exact) mass is 212 g/mol. The molecule has 1 aliphatic carbocycles. The minimum atomic E-state index is -0.139. The highest BCUT2D eigenvalue weighted by Crippen LogP contribution is 2.21. The maximum Gasteiger partial charge on any atom is 0.317 e. The lowest BCUT2D eigenvalue weighted by Crippen LogP contribution is -2.50. The molecule has 3 heteroatoms. The number of hydrogen-bond acceptors (Lipinski definition) is 1. The van der Waals surface area contributed by atoms with E-state index in [1.54, 1.807) is 0 Å². The summed E-state index contributed by atoms with van der Waals surface area (Å²) in [5.74, 6) is 0. The molecule has 0 aliphatic heterocycles. The molecule has 1 rings (SSSR count). The molecule has 0 saturated heterocycles. The van der Waals surface area contributed by atoms with Crippen LogP contribution in [0.4, 0.5) is 4.79 Å². The van der Waals surface area contributed by atoms with Crippen LogP contribution in [0.2, 0.25) is 0 Å². The van der Waals surface area contributed by atoms with Gasteiger partial charge in [-0.1, -0.05) is 19.3 Å². The molecular weight excluding hydrogens is 188 g/mol. The number of nitrogens with zero attached hydrogens (tertiary/aromatic N) is 1. The van der Waals surface area contributed by atoms with E-state index in [9.17, 15) is 4.79 Å². The van der Waals surface area contributed by atoms with Gasteiger partial charge in [0.25, 0.3) is 0 Å². The molecule has 1 N–H and O–H groups in total. The van der Waals surface area contributed by atoms with Crippen molar-refractivity contribution in [3.8, 4) is 0 Å². The fraction of sp³-hybridized carbons (Fsp3) is 0.917. The van der Waals surface area contributed by atoms with Crippen molar-refractivity contribution in [1.82, 2.24) is 10.2 Å². The van der Waals surface area contributed by atoms with E-state index < -0.39 is 0 Å². The van der Waals surface area contributed by atoms with Crippen molar-refractivity contribution in [1.29, 1.82) is 0 Å². The first kappa shape index (κ1) is 12.3. The molecule has 1 fully saturated rings. The van der Waals surface area contributed by atoms with Crippen molar-refractivity contribution in [2.24, 2.45) is 0 Å². The van der Waals surface area contributed by atoms with Crippen molar-refractivity contribution in [3.63, 3.8) is 0 Å². The van der Waals surface area contributed by atoms with Gasteiger partial charge in [-0.05, 0) is 33.6 Å². The topological polar surface area (TPSA) is 32.3 Å². The molecule has 0 aromatic rings. The van der Waals surface area contributed by atoms with Crippen molar-refractivity contribution >= 4 is 6.03 Å². The molecule has 0 heterocycles. The summed E-state index contributed by atoms with van der Waals surface area (Å²) in [6, 6.07) is 0.510. The molecule has 15 heavy (non-hydrogen) atoms. The highest BCUT2D eigenvalue weighted by Gasteiger charge is 2.24. The van der Waals surface area contributed by atoms with Crippen LogP contribution in [0, 0.1) is 0 Å². The van der Waals surface area contributed by atoms with Gasteiger partial charge in [0.05, 0.1) is 0 Å². The van der Waals surface area contributed by atoms with E-state index in [-0.39, 0.29) is 11.6 Å². The Kier molecular flexibility index (Phi) is 4.00. The Bertz CT molecular complexity index is 214. The lowest BCUT2D eigenvalue weighted by atomic mass is 9.94. The predicted molar refractivity (Wildman–Crippen MR) is 62.9 cm³/mol. The lowest BCUT2D eigenvalue weighted by molar-refractivity contribution is 0.166. The summed E-state index contributed by atoms with van der Waals surface area (Å²) in [7, 11) is 1.91. The van der Waals surface area contributed by atoms with Crippen LogP contribution in [-0.4, -0.2) is 29.6 Å². The molecule has 0 spiro atoms. The average Bonchev–Trinajstić information content (AvgIpc) is 2.15. The van der Waals surface area contributed by atoms with Gasteiger partial charge in [0.1, 0.15) is 0 Å². The second-order valence-electron chi connectivity index (χ2n) is 5.58. The number of hydrogen-bond donors (Lipinski definition) is 1. The second kappa shape index (κ2) is 4.86. The van der Waals surface area contributed by atoms with Gasteiger partial charge in [0.15, 0.2) is 0 Å². The molecule has 88 valence electrons. The molecule has 1 saturated carbocycles. The van der Waals surface area contributed by atoms with Crippen LogP contribution in [0.25, 0.3) is 0 Å². The van der Waals surface area contributed by atoms with Crippen molar-refractivity contribution in [2.75, 3.05) is 7.05 Å². The maximum absolute atomic E-state index is 11.9. The summed E-state index contributed by atoms with van der Waals surface area (Å²) >= 11 is 0. The number of carbonyl (C=O) groups excluding carboxylic acids is 1. The molecule has 0 aromatic heterocycles. The zero-order valence-electron chi connectivity index (χ0n) is 10.5. The molecule has 0 radical (unpaired) electrons. The highest BCUT2D eigenvalue weighted by atomic mass is 16.2. The number of carbonyl (C=O) groups is 1. The third-order valence-corrected chi connectivity index (χ3v) is 2.92. The SMILES string of the molecule is CN(C(=O)NC(C)(C)C)C1CCCCC1. The molecule has 0 bridgehead atoms. The Labute approximate surface area is 93.2 Å². The van der Waals surface area contributed by atoms with E-state index in [2.05, 4.69) is 5.32 Å². The third kappa shape index (κ3) is 4.10. The van der Waals surface area contributed by atoms with Crippen molar-refractivity contribution in [3.05, 3.63) is 0 Å². The fourth-order valence-corrected chi connectivity index (χ4v) is 2.04. The summed E-state index contributed by atoms with van der Waals surface area (Å²) in [6.07, 6.45) is 6.17. The van der Waals surface area contributed by atoms with Gasteiger partial charge < -0.3 is 10.2 Å². The largest absolute Gasteiger partial charge is 0.333 e. The minimum absolute atomic E-state index is 0.0643. The number of urea groups is 1. The van der Waals surface area contributed by atoms with Crippen LogP contribution in [0.3, 0.4) is 0 Å². The Morgan fingerprint density at radius 1 is 1.20 bits per heavy atom. The van der Waals surface area contributed by atoms with Crippen LogP contribution in [-0.2, 0) is 0 Å². The van der Waals surface area contributed by atoms with Crippen LogP contribution < -0.4 is 5.32 Å². The molecule has 2 amide bonds. The zero-order chi connectivity index (χ0) is 11.5. The van der Waals surface area contributed by atoms with Crippen LogP contribution in [0.15, 0.2) is 0 Å². The normalized spacial score (nSPS) is 18.7. The molecule has 0 unspecified atom stereocenters. The Hall–Kier alpha value is -0.730. The minimum Gasteiger partial charge on any atom is -0.333 e. The molecule has 3 nitrogen and oxygen atoms in total. The zero-order valence-corrected chi connectivity index (χ0v) is 10.5. The molecule has 0 aromatic carbocycles. The molecular formula is C12H24N2O. The van der Waals surface area contributed by atoms with Crippen LogP contribution in [0.5, 0.6) is 0 Å². The van der Waals surface area contributed by atoms with Gasteiger partial charge in [0, 0.05) is 18.6 Å². The van der Waals surface area contributed by atoms with E-state index in [1.807, 2.05) is 32.7 Å². The Morgan fingerprint density at radius 3 is 2.20 bits per heavy atom. The first-order valence-electron chi connectivity index (χ1n) is 5.95.